The highest BCUT2D eigenvalue weighted by Crippen LogP contribution is 2.40. The molecule has 1 saturated heterocycles. The summed E-state index contributed by atoms with van der Waals surface area (Å²) in [7, 11) is 3.91. The maximum Gasteiger partial charge on any atom is 0.417 e. The van der Waals surface area contributed by atoms with Gasteiger partial charge in [0.05, 0.1) is 34.7 Å². The Labute approximate surface area is 234 Å². The van der Waals surface area contributed by atoms with Gasteiger partial charge in [0.2, 0.25) is 5.56 Å². The number of hydrogen-bond donors (Lipinski definition) is 2. The third-order valence-corrected chi connectivity index (χ3v) is 7.87. The number of carbonyl (C=O) groups excluding carboxylic acids is 1. The molecule has 0 aliphatic carbocycles. The van der Waals surface area contributed by atoms with E-state index in [-0.39, 0.29) is 23.3 Å². The number of aromatic amines is 1. The van der Waals surface area contributed by atoms with E-state index in [1.54, 1.807) is 12.1 Å². The van der Waals surface area contributed by atoms with E-state index in [9.17, 15) is 22.8 Å². The molecular weight excluding hydrogens is 542 g/mol. The Morgan fingerprint density at radius 3 is 2.44 bits per heavy atom. The Kier molecular flexibility index (Phi) is 7.45. The molecule has 2 atom stereocenters. The average molecular weight is 574 g/mol. The van der Waals surface area contributed by atoms with Gasteiger partial charge in [0, 0.05) is 50.0 Å². The number of amides is 1. The van der Waals surface area contributed by atoms with Gasteiger partial charge in [0.1, 0.15) is 18.2 Å². The molecule has 1 aromatic heterocycles. The van der Waals surface area contributed by atoms with Gasteiger partial charge in [-0.1, -0.05) is 6.07 Å². The number of nitrogens with one attached hydrogen (secondary N) is 2. The van der Waals surface area contributed by atoms with Crippen LogP contribution in [0.25, 0.3) is 11.1 Å². The molecule has 218 valence electrons. The highest BCUT2D eigenvalue weighted by Gasteiger charge is 2.36. The van der Waals surface area contributed by atoms with Gasteiger partial charge in [-0.3, -0.25) is 14.5 Å². The quantitative estimate of drug-likeness (QED) is 0.437. The maximum atomic E-state index is 15.8. The number of ether oxygens (including phenoxy) is 1. The second-order valence-electron chi connectivity index (χ2n) is 10.6. The number of piperazine rings is 1. The van der Waals surface area contributed by atoms with Crippen molar-refractivity contribution in [2.45, 2.75) is 32.1 Å². The Morgan fingerprint density at radius 2 is 1.76 bits per heavy atom. The minimum Gasteiger partial charge on any atom is -0.490 e. The van der Waals surface area contributed by atoms with Crippen molar-refractivity contribution in [3.8, 4) is 16.9 Å². The summed E-state index contributed by atoms with van der Waals surface area (Å²) in [5, 5.41) is 2.58. The summed E-state index contributed by atoms with van der Waals surface area (Å²) in [6, 6.07) is 8.53. The highest BCUT2D eigenvalue weighted by molar-refractivity contribution is 6.07. The fourth-order valence-electron chi connectivity index (χ4n) is 5.36. The lowest BCUT2D eigenvalue weighted by Gasteiger charge is -2.44. The van der Waals surface area contributed by atoms with Crippen molar-refractivity contribution in [1.82, 2.24) is 9.88 Å². The number of halogens is 4. The molecule has 2 aliphatic heterocycles. The van der Waals surface area contributed by atoms with Crippen molar-refractivity contribution >= 4 is 23.0 Å². The number of rotatable bonds is 4. The molecule has 1 fully saturated rings. The van der Waals surface area contributed by atoms with Crippen LogP contribution >= 0.6 is 0 Å². The highest BCUT2D eigenvalue weighted by atomic mass is 19.4. The van der Waals surface area contributed by atoms with Crippen molar-refractivity contribution in [2.24, 2.45) is 0 Å². The smallest absolute Gasteiger partial charge is 0.417 e. The molecule has 3 heterocycles. The lowest BCUT2D eigenvalue weighted by Crippen LogP contribution is -2.55. The normalized spacial score (nSPS) is 19.5. The fourth-order valence-corrected chi connectivity index (χ4v) is 5.36. The van der Waals surface area contributed by atoms with E-state index in [2.05, 4.69) is 15.2 Å². The van der Waals surface area contributed by atoms with Crippen LogP contribution in [0.15, 0.2) is 47.4 Å². The second kappa shape index (κ2) is 10.7. The summed E-state index contributed by atoms with van der Waals surface area (Å²) in [5.41, 5.74) is -1.12. The van der Waals surface area contributed by atoms with Gasteiger partial charge in [-0.05, 0) is 50.7 Å². The minimum atomic E-state index is -4.93. The number of H-pyrrole nitrogens is 1. The zero-order chi connectivity index (χ0) is 29.6. The van der Waals surface area contributed by atoms with E-state index in [4.69, 9.17) is 4.74 Å². The van der Waals surface area contributed by atoms with Gasteiger partial charge in [0.25, 0.3) is 5.91 Å². The number of likely N-dealkylation sites (N-methyl/N-ethyl adjacent to an activating group) is 2. The molecule has 1 amide bonds. The first kappa shape index (κ1) is 28.5. The number of hydrogen-bond acceptors (Lipinski definition) is 6. The van der Waals surface area contributed by atoms with Crippen LogP contribution in [-0.4, -0.2) is 68.2 Å². The van der Waals surface area contributed by atoms with E-state index in [1.807, 2.05) is 43.8 Å². The number of anilines is 3. The van der Waals surface area contributed by atoms with Gasteiger partial charge in [0.15, 0.2) is 0 Å². The van der Waals surface area contributed by atoms with Crippen LogP contribution in [0.4, 0.5) is 34.6 Å². The number of benzene rings is 2. The lowest BCUT2D eigenvalue weighted by molar-refractivity contribution is -0.138. The van der Waals surface area contributed by atoms with E-state index >= 15 is 4.39 Å². The largest absolute Gasteiger partial charge is 0.490 e. The summed E-state index contributed by atoms with van der Waals surface area (Å²) < 4.78 is 62.7. The molecule has 3 aromatic rings. The molecule has 2 aromatic carbocycles. The van der Waals surface area contributed by atoms with Crippen LogP contribution in [-0.2, 0) is 6.18 Å². The zero-order valence-corrected chi connectivity index (χ0v) is 23.1. The summed E-state index contributed by atoms with van der Waals surface area (Å²) in [6.45, 7) is 6.23. The lowest BCUT2D eigenvalue weighted by atomic mass is 10.00. The Balaban J connectivity index is 1.60. The number of alkyl halides is 3. The number of nitrogens with zero attached hydrogens (tertiary/aromatic N) is 3. The molecule has 2 N–H and O–H groups in total. The van der Waals surface area contributed by atoms with Gasteiger partial charge < -0.3 is 24.8 Å². The Morgan fingerprint density at radius 1 is 1.05 bits per heavy atom. The molecule has 0 saturated carbocycles. The molecule has 0 radical (unpaired) electrons. The molecule has 5 rings (SSSR count). The Bertz CT molecular complexity index is 1530. The molecular formula is C29H31F4N5O3. The first-order chi connectivity index (χ1) is 19.3. The predicted molar refractivity (Wildman–Crippen MR) is 150 cm³/mol. The van der Waals surface area contributed by atoms with Crippen LogP contribution in [0.2, 0.25) is 0 Å². The fraction of sp³-hybridized carbons (Fsp3) is 0.379. The van der Waals surface area contributed by atoms with Crippen LogP contribution < -0.4 is 25.4 Å². The number of carbonyl (C=O) groups is 1. The summed E-state index contributed by atoms with van der Waals surface area (Å²) in [6.07, 6.45) is -4.20. The van der Waals surface area contributed by atoms with Crippen molar-refractivity contribution in [2.75, 3.05) is 55.5 Å². The van der Waals surface area contributed by atoms with Crippen LogP contribution in [0.1, 0.15) is 29.8 Å². The SMILES string of the molecule is CC1CN(c2cc(F)c(-c3ccc4c(c3)OCCN4C)cc2NC(=O)c2c[nH]c(=O)cc2C(F)(F)F)CC(C)N1C. The molecule has 12 heteroatoms. The van der Waals surface area contributed by atoms with Crippen molar-refractivity contribution in [1.29, 1.82) is 0 Å². The van der Waals surface area contributed by atoms with Crippen molar-refractivity contribution in [3.05, 3.63) is 69.9 Å². The third kappa shape index (κ3) is 5.61. The molecule has 0 spiro atoms. The monoisotopic (exact) mass is 573 g/mol. The first-order valence-electron chi connectivity index (χ1n) is 13.2. The summed E-state index contributed by atoms with van der Waals surface area (Å²) >= 11 is 0. The number of fused-ring (bicyclic) bond motifs is 1. The van der Waals surface area contributed by atoms with E-state index in [1.165, 1.54) is 12.1 Å². The molecule has 2 unspecified atom stereocenters. The zero-order valence-electron chi connectivity index (χ0n) is 23.1. The topological polar surface area (TPSA) is 80.9 Å². The third-order valence-electron chi connectivity index (χ3n) is 7.87. The van der Waals surface area contributed by atoms with Crippen molar-refractivity contribution in [3.63, 3.8) is 0 Å². The van der Waals surface area contributed by atoms with E-state index in [0.717, 1.165) is 11.9 Å². The summed E-state index contributed by atoms with van der Waals surface area (Å²) in [5.74, 6) is -1.06. The van der Waals surface area contributed by atoms with Crippen LogP contribution in [0.3, 0.4) is 0 Å². The van der Waals surface area contributed by atoms with Crippen LogP contribution in [0, 0.1) is 5.82 Å². The Hall–Kier alpha value is -4.06. The second-order valence-corrected chi connectivity index (χ2v) is 10.6. The van der Waals surface area contributed by atoms with E-state index < -0.39 is 34.6 Å². The van der Waals surface area contributed by atoms with E-state index in [0.29, 0.717) is 49.3 Å². The van der Waals surface area contributed by atoms with Crippen molar-refractivity contribution < 1.29 is 27.1 Å². The van der Waals surface area contributed by atoms with Crippen LogP contribution in [0.5, 0.6) is 5.75 Å². The van der Waals surface area contributed by atoms with Gasteiger partial charge >= 0.3 is 6.18 Å². The average Bonchev–Trinajstić information content (AvgIpc) is 2.91. The van der Waals surface area contributed by atoms with Gasteiger partial charge in [-0.2, -0.15) is 13.2 Å². The minimum absolute atomic E-state index is 0.0934. The number of pyridine rings is 1. The van der Waals surface area contributed by atoms with Gasteiger partial charge in [-0.15, -0.1) is 0 Å². The molecule has 2 aliphatic rings. The molecule has 0 bridgehead atoms. The standard InChI is InChI=1S/C29H31F4N5O3/c1-16-14-38(15-17(2)37(16)4)25-12-22(30)19(18-5-6-24-26(9-18)41-8-7-36(24)3)10-23(25)35-28(40)20-13-34-27(39)11-21(20)29(31,32)33/h5-6,9-13,16-17H,7-8,14-15H2,1-4H3,(H,34,39)(H,35,40). The first-order valence-corrected chi connectivity index (χ1v) is 13.2. The predicted octanol–water partition coefficient (Wildman–Crippen LogP) is 4.81. The summed E-state index contributed by atoms with van der Waals surface area (Å²) in [4.78, 5) is 33.2. The van der Waals surface area contributed by atoms with Gasteiger partial charge in [-0.25, -0.2) is 4.39 Å². The molecule has 8 nitrogen and oxygen atoms in total. The molecule has 41 heavy (non-hydrogen) atoms. The maximum absolute atomic E-state index is 15.8. The number of aromatic nitrogens is 1.